The highest BCUT2D eigenvalue weighted by Gasteiger charge is 2.17. The molecule has 2 atom stereocenters. The number of hydrogen-bond acceptors (Lipinski definition) is 2. The number of fused-ring (bicyclic) bond motifs is 1. The van der Waals surface area contributed by atoms with Gasteiger partial charge in [0.1, 0.15) is 5.75 Å². The van der Waals surface area contributed by atoms with Gasteiger partial charge < -0.3 is 10.1 Å². The van der Waals surface area contributed by atoms with Crippen LogP contribution in [0.15, 0.2) is 18.2 Å². The monoisotopic (exact) mass is 259 g/mol. The smallest absolute Gasteiger partial charge is 0.122 e. The van der Waals surface area contributed by atoms with Crippen LogP contribution in [0.5, 0.6) is 5.75 Å². The molecule has 1 aromatic carbocycles. The highest BCUT2D eigenvalue weighted by molar-refractivity contribution is 5.39. The highest BCUT2D eigenvalue weighted by Crippen LogP contribution is 2.27. The summed E-state index contributed by atoms with van der Waals surface area (Å²) in [6.07, 6.45) is 7.76. The molecule has 2 nitrogen and oxygen atoms in total. The Morgan fingerprint density at radius 1 is 1.32 bits per heavy atom. The van der Waals surface area contributed by atoms with Crippen LogP contribution in [0.25, 0.3) is 0 Å². The molecule has 3 rings (SSSR count). The molecule has 2 heteroatoms. The second kappa shape index (κ2) is 5.96. The van der Waals surface area contributed by atoms with E-state index in [4.69, 9.17) is 4.74 Å². The Hall–Kier alpha value is -1.02. The Balaban J connectivity index is 1.45. The van der Waals surface area contributed by atoms with E-state index in [1.54, 1.807) is 0 Å². The minimum atomic E-state index is 0.730. The molecule has 1 aromatic rings. The summed E-state index contributed by atoms with van der Waals surface area (Å²) in [5, 5.41) is 3.60. The molecule has 2 aliphatic heterocycles. The van der Waals surface area contributed by atoms with E-state index in [9.17, 15) is 0 Å². The number of benzene rings is 1. The first-order valence-electron chi connectivity index (χ1n) is 7.79. The van der Waals surface area contributed by atoms with Gasteiger partial charge in [0, 0.05) is 12.5 Å². The fourth-order valence-electron chi connectivity index (χ4n) is 3.29. The second-order valence-electron chi connectivity index (χ2n) is 6.19. The van der Waals surface area contributed by atoms with Crippen molar-refractivity contribution in [2.24, 2.45) is 5.92 Å². The number of hydrogen-bond donors (Lipinski definition) is 1. The zero-order valence-electron chi connectivity index (χ0n) is 12.0. The number of aryl methyl sites for hydroxylation is 1. The van der Waals surface area contributed by atoms with Gasteiger partial charge in [0.15, 0.2) is 0 Å². The Labute approximate surface area is 116 Å². The van der Waals surface area contributed by atoms with E-state index in [0.29, 0.717) is 0 Å². The molecule has 0 aromatic heterocycles. The lowest BCUT2D eigenvalue weighted by molar-refractivity contribution is 0.304. The molecule has 0 spiro atoms. The summed E-state index contributed by atoms with van der Waals surface area (Å²) in [5.74, 6) is 2.00. The Bertz CT molecular complexity index is 421. The fourth-order valence-corrected chi connectivity index (χ4v) is 3.29. The van der Waals surface area contributed by atoms with Crippen LogP contribution in [0, 0.1) is 5.92 Å². The topological polar surface area (TPSA) is 21.3 Å². The van der Waals surface area contributed by atoms with Crippen molar-refractivity contribution in [1.82, 2.24) is 5.32 Å². The molecule has 1 saturated heterocycles. The van der Waals surface area contributed by atoms with Crippen molar-refractivity contribution in [2.75, 3.05) is 13.2 Å². The van der Waals surface area contributed by atoms with Crippen LogP contribution in [0.1, 0.15) is 43.7 Å². The van der Waals surface area contributed by atoms with Crippen LogP contribution >= 0.6 is 0 Å². The Kier molecular flexibility index (Phi) is 4.07. The van der Waals surface area contributed by atoms with Crippen LogP contribution in [-0.2, 0) is 12.8 Å². The molecule has 0 radical (unpaired) electrons. The van der Waals surface area contributed by atoms with E-state index >= 15 is 0 Å². The minimum Gasteiger partial charge on any atom is -0.493 e. The van der Waals surface area contributed by atoms with Crippen molar-refractivity contribution in [3.63, 3.8) is 0 Å². The molecule has 0 bridgehead atoms. The average molecular weight is 259 g/mol. The molecular weight excluding hydrogens is 234 g/mol. The zero-order valence-corrected chi connectivity index (χ0v) is 12.0. The standard InChI is InChI=1S/C17H25NO/c1-13-5-6-15(12-18-13)4-2-3-14-7-8-17-16(11-14)9-10-19-17/h7-8,11,13,15,18H,2-6,9-10,12H2,1H3. The Morgan fingerprint density at radius 2 is 2.26 bits per heavy atom. The number of nitrogens with one attached hydrogen (secondary N) is 1. The summed E-state index contributed by atoms with van der Waals surface area (Å²) in [6.45, 7) is 4.38. The van der Waals surface area contributed by atoms with Gasteiger partial charge in [-0.05, 0) is 68.7 Å². The van der Waals surface area contributed by atoms with Crippen molar-refractivity contribution in [2.45, 2.75) is 51.5 Å². The van der Waals surface area contributed by atoms with Crippen LogP contribution in [0.4, 0.5) is 0 Å². The van der Waals surface area contributed by atoms with Gasteiger partial charge in [0.2, 0.25) is 0 Å². The van der Waals surface area contributed by atoms with Gasteiger partial charge >= 0.3 is 0 Å². The summed E-state index contributed by atoms with van der Waals surface area (Å²) in [6, 6.07) is 7.48. The number of ether oxygens (including phenoxy) is 1. The lowest BCUT2D eigenvalue weighted by Gasteiger charge is -2.27. The first-order chi connectivity index (χ1) is 9.31. The summed E-state index contributed by atoms with van der Waals surface area (Å²) in [5.41, 5.74) is 2.90. The number of rotatable bonds is 4. The van der Waals surface area contributed by atoms with Gasteiger partial charge in [-0.25, -0.2) is 0 Å². The van der Waals surface area contributed by atoms with Crippen molar-refractivity contribution >= 4 is 0 Å². The molecule has 0 amide bonds. The van der Waals surface area contributed by atoms with Crippen LogP contribution in [0.2, 0.25) is 0 Å². The normalized spacial score (nSPS) is 25.9. The fraction of sp³-hybridized carbons (Fsp3) is 0.647. The lowest BCUT2D eigenvalue weighted by Crippen LogP contribution is -2.36. The quantitative estimate of drug-likeness (QED) is 0.895. The lowest BCUT2D eigenvalue weighted by atomic mass is 9.90. The van der Waals surface area contributed by atoms with Crippen molar-refractivity contribution in [1.29, 1.82) is 0 Å². The zero-order chi connectivity index (χ0) is 13.1. The SMILES string of the molecule is CC1CCC(CCCc2ccc3c(c2)CCO3)CN1. The molecule has 104 valence electrons. The predicted molar refractivity (Wildman–Crippen MR) is 78.8 cm³/mol. The maximum Gasteiger partial charge on any atom is 0.122 e. The van der Waals surface area contributed by atoms with Gasteiger partial charge in [0.25, 0.3) is 0 Å². The molecule has 2 unspecified atom stereocenters. The maximum atomic E-state index is 5.55. The van der Waals surface area contributed by atoms with E-state index in [0.717, 1.165) is 30.7 Å². The van der Waals surface area contributed by atoms with E-state index in [2.05, 4.69) is 30.4 Å². The van der Waals surface area contributed by atoms with Crippen LogP contribution in [-0.4, -0.2) is 19.2 Å². The third-order valence-corrected chi connectivity index (χ3v) is 4.59. The van der Waals surface area contributed by atoms with Gasteiger partial charge in [-0.2, -0.15) is 0 Å². The average Bonchev–Trinajstić information content (AvgIpc) is 2.88. The maximum absolute atomic E-state index is 5.55. The molecule has 0 saturated carbocycles. The molecule has 19 heavy (non-hydrogen) atoms. The minimum absolute atomic E-state index is 0.730. The van der Waals surface area contributed by atoms with E-state index in [1.165, 1.54) is 49.8 Å². The van der Waals surface area contributed by atoms with Gasteiger partial charge in [-0.3, -0.25) is 0 Å². The van der Waals surface area contributed by atoms with Gasteiger partial charge in [0.05, 0.1) is 6.61 Å². The van der Waals surface area contributed by atoms with Crippen LogP contribution < -0.4 is 10.1 Å². The second-order valence-corrected chi connectivity index (χ2v) is 6.19. The summed E-state index contributed by atoms with van der Waals surface area (Å²) < 4.78 is 5.55. The van der Waals surface area contributed by atoms with Crippen molar-refractivity contribution < 1.29 is 4.74 Å². The Morgan fingerprint density at radius 3 is 3.11 bits per heavy atom. The van der Waals surface area contributed by atoms with Gasteiger partial charge in [-0.15, -0.1) is 0 Å². The summed E-state index contributed by atoms with van der Waals surface area (Å²) in [4.78, 5) is 0. The van der Waals surface area contributed by atoms with E-state index < -0.39 is 0 Å². The molecule has 0 aliphatic carbocycles. The van der Waals surface area contributed by atoms with Gasteiger partial charge in [-0.1, -0.05) is 12.1 Å². The van der Waals surface area contributed by atoms with Crippen molar-refractivity contribution in [3.05, 3.63) is 29.3 Å². The molecule has 1 N–H and O–H groups in total. The molecule has 1 fully saturated rings. The van der Waals surface area contributed by atoms with Crippen molar-refractivity contribution in [3.8, 4) is 5.75 Å². The summed E-state index contributed by atoms with van der Waals surface area (Å²) >= 11 is 0. The third kappa shape index (κ3) is 3.30. The predicted octanol–water partition coefficient (Wildman–Crippen LogP) is 3.33. The highest BCUT2D eigenvalue weighted by atomic mass is 16.5. The van der Waals surface area contributed by atoms with E-state index in [1.807, 2.05) is 0 Å². The molecule has 2 heterocycles. The van der Waals surface area contributed by atoms with E-state index in [-0.39, 0.29) is 0 Å². The first-order valence-corrected chi connectivity index (χ1v) is 7.79. The first kappa shape index (κ1) is 13.0. The molecule has 2 aliphatic rings. The number of piperidine rings is 1. The van der Waals surface area contributed by atoms with Crippen LogP contribution in [0.3, 0.4) is 0 Å². The largest absolute Gasteiger partial charge is 0.493 e. The third-order valence-electron chi connectivity index (χ3n) is 4.59. The molecular formula is C17H25NO. The summed E-state index contributed by atoms with van der Waals surface area (Å²) in [7, 11) is 0.